The molecule has 0 N–H and O–H groups in total. The second-order valence-electron chi connectivity index (χ2n) is 3.49. The molecule has 0 aromatic rings. The standard InChI is InChI=1S/C8H13/c1-8-5-2-3-7(8)4-6-8/h7H,1-6H2/t7-,8+/m0/s1. The Labute approximate surface area is 51.3 Å². The molecule has 2 aliphatic carbocycles. The predicted molar refractivity (Wildman–Crippen MR) is 34.4 cm³/mol. The fraction of sp³-hybridized carbons (Fsp3) is 0.875. The molecule has 45 valence electrons. The Hall–Kier alpha value is 0. The molecule has 2 fully saturated rings. The van der Waals surface area contributed by atoms with Crippen LogP contribution in [0.3, 0.4) is 0 Å². The first-order chi connectivity index (χ1) is 3.81. The van der Waals surface area contributed by atoms with Crippen LogP contribution in [0, 0.1) is 18.3 Å². The van der Waals surface area contributed by atoms with Gasteiger partial charge in [-0.1, -0.05) is 6.42 Å². The third kappa shape index (κ3) is 0.416. The zero-order chi connectivity index (χ0) is 5.61. The van der Waals surface area contributed by atoms with E-state index in [9.17, 15) is 0 Å². The van der Waals surface area contributed by atoms with Crippen molar-refractivity contribution in [1.82, 2.24) is 0 Å². The molecule has 8 heavy (non-hydrogen) atoms. The Kier molecular flexibility index (Phi) is 0.778. The molecule has 2 aliphatic rings. The number of hydrogen-bond donors (Lipinski definition) is 0. The summed E-state index contributed by atoms with van der Waals surface area (Å²) in [6.45, 7) is 4.24. The van der Waals surface area contributed by atoms with Crippen molar-refractivity contribution in [2.24, 2.45) is 11.3 Å². The van der Waals surface area contributed by atoms with E-state index in [0.29, 0.717) is 5.41 Å². The summed E-state index contributed by atoms with van der Waals surface area (Å²) in [5, 5.41) is 0. The van der Waals surface area contributed by atoms with Crippen molar-refractivity contribution >= 4 is 0 Å². The molecule has 0 saturated heterocycles. The van der Waals surface area contributed by atoms with Crippen LogP contribution in [0.1, 0.15) is 32.1 Å². The van der Waals surface area contributed by atoms with Gasteiger partial charge in [0.25, 0.3) is 0 Å². The maximum absolute atomic E-state index is 4.24. The number of rotatable bonds is 0. The summed E-state index contributed by atoms with van der Waals surface area (Å²) in [6.07, 6.45) is 7.23. The summed E-state index contributed by atoms with van der Waals surface area (Å²) in [4.78, 5) is 0. The Bertz CT molecular complexity index is 107. The van der Waals surface area contributed by atoms with E-state index >= 15 is 0 Å². The van der Waals surface area contributed by atoms with E-state index in [1.54, 1.807) is 0 Å². The number of hydrogen-bond acceptors (Lipinski definition) is 0. The van der Waals surface area contributed by atoms with Gasteiger partial charge in [-0.05, 0) is 43.9 Å². The summed E-state index contributed by atoms with van der Waals surface area (Å²) < 4.78 is 0. The van der Waals surface area contributed by atoms with Gasteiger partial charge in [0.2, 0.25) is 0 Å². The minimum Gasteiger partial charge on any atom is -0.0525 e. The van der Waals surface area contributed by atoms with Gasteiger partial charge in [-0.3, -0.25) is 0 Å². The zero-order valence-electron chi connectivity index (χ0n) is 5.32. The second-order valence-corrected chi connectivity index (χ2v) is 3.49. The van der Waals surface area contributed by atoms with Gasteiger partial charge in [0.1, 0.15) is 0 Å². The van der Waals surface area contributed by atoms with Crippen molar-refractivity contribution in [1.29, 1.82) is 0 Å². The second kappa shape index (κ2) is 1.29. The molecule has 0 aromatic heterocycles. The van der Waals surface area contributed by atoms with Crippen LogP contribution in [0.5, 0.6) is 0 Å². The first-order valence-electron chi connectivity index (χ1n) is 3.67. The third-order valence-electron chi connectivity index (χ3n) is 3.08. The van der Waals surface area contributed by atoms with Gasteiger partial charge in [0.05, 0.1) is 0 Å². The average Bonchev–Trinajstić information content (AvgIpc) is 1.94. The van der Waals surface area contributed by atoms with Crippen LogP contribution in [-0.4, -0.2) is 0 Å². The highest BCUT2D eigenvalue weighted by molar-refractivity contribution is 5.01. The average molecular weight is 109 g/mol. The molecule has 0 spiro atoms. The summed E-state index contributed by atoms with van der Waals surface area (Å²) in [5.41, 5.74) is 0.583. The van der Waals surface area contributed by atoms with E-state index in [0.717, 1.165) is 5.92 Å². The minimum absolute atomic E-state index is 0.583. The van der Waals surface area contributed by atoms with Gasteiger partial charge < -0.3 is 0 Å². The summed E-state index contributed by atoms with van der Waals surface area (Å²) in [5.74, 6) is 1.03. The van der Waals surface area contributed by atoms with Crippen molar-refractivity contribution in [3.8, 4) is 0 Å². The maximum atomic E-state index is 4.24. The Morgan fingerprint density at radius 3 is 2.38 bits per heavy atom. The van der Waals surface area contributed by atoms with Crippen LogP contribution in [0.15, 0.2) is 0 Å². The van der Waals surface area contributed by atoms with Gasteiger partial charge in [-0.15, -0.1) is 0 Å². The highest BCUT2D eigenvalue weighted by Gasteiger charge is 2.45. The maximum Gasteiger partial charge on any atom is -0.0269 e. The van der Waals surface area contributed by atoms with E-state index in [2.05, 4.69) is 6.92 Å². The molecule has 0 amide bonds. The lowest BCUT2D eigenvalue weighted by molar-refractivity contribution is 0.121. The topological polar surface area (TPSA) is 0 Å². The van der Waals surface area contributed by atoms with Gasteiger partial charge >= 0.3 is 0 Å². The molecule has 2 atom stereocenters. The molecule has 0 heteroatoms. The summed E-state index contributed by atoms with van der Waals surface area (Å²) >= 11 is 0. The van der Waals surface area contributed by atoms with Crippen LogP contribution in [0.25, 0.3) is 0 Å². The quantitative estimate of drug-likeness (QED) is 0.448. The van der Waals surface area contributed by atoms with E-state index < -0.39 is 0 Å². The monoisotopic (exact) mass is 109 g/mol. The van der Waals surface area contributed by atoms with E-state index in [1.807, 2.05) is 0 Å². The Morgan fingerprint density at radius 1 is 1.25 bits per heavy atom. The molecule has 0 aromatic carbocycles. The molecule has 0 aliphatic heterocycles. The summed E-state index contributed by atoms with van der Waals surface area (Å²) in [7, 11) is 0. The molecule has 0 heterocycles. The van der Waals surface area contributed by atoms with Crippen molar-refractivity contribution in [3.63, 3.8) is 0 Å². The number of fused-ring (bicyclic) bond motifs is 1. The highest BCUT2D eigenvalue weighted by atomic mass is 14.5. The van der Waals surface area contributed by atoms with Crippen molar-refractivity contribution in [2.45, 2.75) is 32.1 Å². The largest absolute Gasteiger partial charge is 0.0525 e. The lowest BCUT2D eigenvalue weighted by Gasteiger charge is -2.41. The van der Waals surface area contributed by atoms with Crippen LogP contribution < -0.4 is 0 Å². The van der Waals surface area contributed by atoms with Crippen LogP contribution in [-0.2, 0) is 0 Å². The molecule has 0 nitrogen and oxygen atoms in total. The molecule has 0 bridgehead atoms. The molecule has 0 unspecified atom stereocenters. The molecular weight excluding hydrogens is 96.1 g/mol. The molecule has 1 radical (unpaired) electrons. The molecule has 2 saturated carbocycles. The summed E-state index contributed by atoms with van der Waals surface area (Å²) in [6, 6.07) is 0. The van der Waals surface area contributed by atoms with Gasteiger partial charge in [-0.2, -0.15) is 0 Å². The molecule has 2 rings (SSSR count). The smallest absolute Gasteiger partial charge is 0.0269 e. The van der Waals surface area contributed by atoms with Gasteiger partial charge in [-0.25, -0.2) is 0 Å². The van der Waals surface area contributed by atoms with Crippen LogP contribution in [0.4, 0.5) is 0 Å². The van der Waals surface area contributed by atoms with Crippen LogP contribution >= 0.6 is 0 Å². The SMILES string of the molecule is [CH2][C@]12CCC[C@H]1CC2. The lowest BCUT2D eigenvalue weighted by atomic mass is 9.64. The fourth-order valence-corrected chi connectivity index (χ4v) is 2.24. The third-order valence-corrected chi connectivity index (χ3v) is 3.08. The van der Waals surface area contributed by atoms with Crippen molar-refractivity contribution < 1.29 is 0 Å². The zero-order valence-corrected chi connectivity index (χ0v) is 5.32. The molecular formula is C8H13. The first kappa shape index (κ1) is 4.84. The van der Waals surface area contributed by atoms with E-state index in [-0.39, 0.29) is 0 Å². The van der Waals surface area contributed by atoms with Gasteiger partial charge in [0, 0.05) is 0 Å². The Morgan fingerprint density at radius 2 is 2.12 bits per heavy atom. The van der Waals surface area contributed by atoms with Crippen LogP contribution in [0.2, 0.25) is 0 Å². The Balaban J connectivity index is 2.14. The predicted octanol–water partition coefficient (Wildman–Crippen LogP) is 2.40. The first-order valence-corrected chi connectivity index (χ1v) is 3.67. The lowest BCUT2D eigenvalue weighted by Crippen LogP contribution is -2.32. The normalized spacial score (nSPS) is 52.9. The van der Waals surface area contributed by atoms with Crippen molar-refractivity contribution in [3.05, 3.63) is 6.92 Å². The van der Waals surface area contributed by atoms with Gasteiger partial charge in [0.15, 0.2) is 0 Å². The van der Waals surface area contributed by atoms with Crippen molar-refractivity contribution in [2.75, 3.05) is 0 Å². The highest BCUT2D eigenvalue weighted by Crippen LogP contribution is 2.56. The minimum atomic E-state index is 0.583. The fourth-order valence-electron chi connectivity index (χ4n) is 2.24. The van der Waals surface area contributed by atoms with E-state index in [1.165, 1.54) is 32.1 Å². The van der Waals surface area contributed by atoms with E-state index in [4.69, 9.17) is 0 Å².